The van der Waals surface area contributed by atoms with Gasteiger partial charge < -0.3 is 5.32 Å². The van der Waals surface area contributed by atoms with E-state index in [0.29, 0.717) is 0 Å². The van der Waals surface area contributed by atoms with Crippen LogP contribution in [0.4, 0.5) is 0 Å². The third-order valence-electron chi connectivity index (χ3n) is 10.8. The van der Waals surface area contributed by atoms with E-state index in [9.17, 15) is 0 Å². The van der Waals surface area contributed by atoms with Crippen LogP contribution >= 0.6 is 0 Å². The van der Waals surface area contributed by atoms with Gasteiger partial charge in [0, 0.05) is 52.6 Å². The maximum absolute atomic E-state index is 5.17. The molecular weight excluding hydrogens is 635 g/mol. The molecule has 0 unspecified atom stereocenters. The van der Waals surface area contributed by atoms with Crippen molar-refractivity contribution in [1.82, 2.24) is 24.8 Å². The summed E-state index contributed by atoms with van der Waals surface area (Å²) in [6, 6.07) is 45.8. The highest BCUT2D eigenvalue weighted by molar-refractivity contribution is 5.90. The van der Waals surface area contributed by atoms with Crippen molar-refractivity contribution in [2.45, 2.75) is 25.8 Å². The number of hydrogen-bond acceptors (Lipinski definition) is 4. The number of hydrogen-bond donors (Lipinski definition) is 1. The lowest BCUT2D eigenvalue weighted by Crippen LogP contribution is -2.14. The van der Waals surface area contributed by atoms with E-state index in [0.717, 1.165) is 57.2 Å². The van der Waals surface area contributed by atoms with E-state index in [1.807, 2.05) is 36.9 Å². The fraction of sp³-hybridized carbons (Fsp3) is 0.0851. The van der Waals surface area contributed by atoms with Crippen molar-refractivity contribution in [3.63, 3.8) is 0 Å². The first-order valence-electron chi connectivity index (χ1n) is 17.8. The molecule has 52 heavy (non-hydrogen) atoms. The second kappa shape index (κ2) is 11.7. The molecule has 4 aromatic heterocycles. The lowest BCUT2D eigenvalue weighted by Gasteiger charge is -2.22. The molecule has 5 heteroatoms. The third kappa shape index (κ3) is 4.81. The summed E-state index contributed by atoms with van der Waals surface area (Å²) >= 11 is 0. The normalized spacial score (nSPS) is 13.7. The van der Waals surface area contributed by atoms with E-state index >= 15 is 0 Å². The van der Waals surface area contributed by atoms with E-state index in [1.165, 1.54) is 44.3 Å². The van der Waals surface area contributed by atoms with Gasteiger partial charge in [0.05, 0.1) is 22.6 Å². The Balaban J connectivity index is 1.06. The van der Waals surface area contributed by atoms with Crippen molar-refractivity contribution >= 4 is 17.0 Å². The molecule has 5 heterocycles. The van der Waals surface area contributed by atoms with Crippen LogP contribution in [0.15, 0.2) is 152 Å². The first-order chi connectivity index (χ1) is 25.5. The van der Waals surface area contributed by atoms with Crippen LogP contribution in [-0.4, -0.2) is 19.5 Å². The number of rotatable bonds is 5. The topological polar surface area (TPSA) is 55.6 Å². The van der Waals surface area contributed by atoms with E-state index in [2.05, 4.69) is 150 Å². The number of nitrogens with zero attached hydrogens (tertiary/aromatic N) is 4. The van der Waals surface area contributed by atoms with Gasteiger partial charge in [-0.2, -0.15) is 0 Å². The summed E-state index contributed by atoms with van der Waals surface area (Å²) in [4.78, 5) is 14.5. The number of benzene rings is 4. The van der Waals surface area contributed by atoms with Crippen LogP contribution in [0.2, 0.25) is 0 Å². The van der Waals surface area contributed by atoms with Gasteiger partial charge in [-0.25, -0.2) is 9.97 Å². The number of para-hydroxylation sites is 1. The summed E-state index contributed by atoms with van der Waals surface area (Å²) in [5, 5.41) is 4.61. The molecule has 0 saturated heterocycles. The summed E-state index contributed by atoms with van der Waals surface area (Å²) in [5.74, 6) is 0.881. The monoisotopic (exact) mass is 669 g/mol. The van der Waals surface area contributed by atoms with Crippen molar-refractivity contribution in [1.29, 1.82) is 0 Å². The van der Waals surface area contributed by atoms with Crippen LogP contribution in [0.1, 0.15) is 36.2 Å². The van der Waals surface area contributed by atoms with E-state index in [1.54, 1.807) is 0 Å². The predicted molar refractivity (Wildman–Crippen MR) is 212 cm³/mol. The minimum atomic E-state index is -0.0513. The van der Waals surface area contributed by atoms with Crippen LogP contribution in [-0.2, 0) is 12.0 Å². The molecule has 0 bridgehead atoms. The highest BCUT2D eigenvalue weighted by atomic mass is 15.1. The van der Waals surface area contributed by atoms with Crippen molar-refractivity contribution in [2.24, 2.45) is 0 Å². The Morgan fingerprint density at radius 3 is 2.19 bits per heavy atom. The van der Waals surface area contributed by atoms with Crippen molar-refractivity contribution < 1.29 is 0 Å². The van der Waals surface area contributed by atoms with Gasteiger partial charge in [0.15, 0.2) is 0 Å². The molecule has 10 rings (SSSR count). The molecule has 0 radical (unpaired) electrons. The zero-order valence-electron chi connectivity index (χ0n) is 29.0. The van der Waals surface area contributed by atoms with Gasteiger partial charge in [-0.3, -0.25) is 9.55 Å². The number of fused-ring (bicyclic) bond motifs is 6. The Hall–Kier alpha value is -6.59. The Morgan fingerprint density at radius 1 is 0.615 bits per heavy atom. The first kappa shape index (κ1) is 30.3. The average molecular weight is 670 g/mol. The summed E-state index contributed by atoms with van der Waals surface area (Å²) < 4.78 is 2.25. The first-order valence-corrected chi connectivity index (χ1v) is 17.8. The average Bonchev–Trinajstić information content (AvgIpc) is 3.66. The van der Waals surface area contributed by atoms with E-state index in [4.69, 9.17) is 9.97 Å². The lowest BCUT2D eigenvalue weighted by molar-refractivity contribution is 0.660. The molecule has 5 nitrogen and oxygen atoms in total. The highest BCUT2D eigenvalue weighted by Crippen LogP contribution is 2.49. The van der Waals surface area contributed by atoms with Crippen LogP contribution in [0.3, 0.4) is 0 Å². The van der Waals surface area contributed by atoms with Crippen molar-refractivity contribution in [2.75, 3.05) is 0 Å². The number of pyridine rings is 3. The van der Waals surface area contributed by atoms with Gasteiger partial charge in [-0.05, 0) is 111 Å². The Labute approximate surface area is 303 Å². The second-order valence-corrected chi connectivity index (χ2v) is 14.2. The van der Waals surface area contributed by atoms with Crippen molar-refractivity contribution in [3.8, 4) is 61.7 Å². The maximum Gasteiger partial charge on any atom is 0.137 e. The zero-order valence-corrected chi connectivity index (χ0v) is 29.0. The lowest BCUT2D eigenvalue weighted by atomic mass is 9.81. The molecule has 8 aromatic rings. The molecule has 1 aliphatic carbocycles. The molecule has 1 aliphatic heterocycles. The van der Waals surface area contributed by atoms with Gasteiger partial charge in [-0.1, -0.05) is 86.6 Å². The molecular formula is C47H35N5. The zero-order chi connectivity index (χ0) is 34.8. The van der Waals surface area contributed by atoms with E-state index < -0.39 is 0 Å². The molecule has 248 valence electrons. The quantitative estimate of drug-likeness (QED) is 0.198. The number of nitrogens with one attached hydrogen (secondary N) is 1. The third-order valence-corrected chi connectivity index (χ3v) is 10.8. The van der Waals surface area contributed by atoms with Gasteiger partial charge >= 0.3 is 0 Å². The van der Waals surface area contributed by atoms with Crippen molar-refractivity contribution in [3.05, 3.63) is 175 Å². The standard InChI is InChI=1S/C47H35N5/c1-47(2)40-12-5-3-10-36(40)37-16-14-33(25-41(37)47)31-8-7-9-32(24-31)35-26-42(30-18-21-48-22-19-30)51-43(27-35)34-15-17-46(50-28-34)52-44-13-6-4-11-38(44)39-29-49-23-20-45(39)52/h3-28,49H,29H2,1-2H3. The van der Waals surface area contributed by atoms with Crippen LogP contribution in [0, 0.1) is 0 Å². The molecule has 0 atom stereocenters. The molecule has 1 N–H and O–H groups in total. The Bertz CT molecular complexity index is 2700. The van der Waals surface area contributed by atoms with Gasteiger partial charge in [0.1, 0.15) is 5.82 Å². The Kier molecular flexibility index (Phi) is 6.83. The summed E-state index contributed by atoms with van der Waals surface area (Å²) in [6.07, 6.45) is 9.74. The molecule has 0 amide bonds. The fourth-order valence-electron chi connectivity index (χ4n) is 8.18. The molecule has 4 aromatic carbocycles. The summed E-state index contributed by atoms with van der Waals surface area (Å²) in [7, 11) is 0. The van der Waals surface area contributed by atoms with E-state index in [-0.39, 0.29) is 5.41 Å². The van der Waals surface area contributed by atoms with Crippen LogP contribution in [0.5, 0.6) is 0 Å². The fourth-order valence-corrected chi connectivity index (χ4v) is 8.18. The maximum atomic E-state index is 5.17. The summed E-state index contributed by atoms with van der Waals surface area (Å²) in [5.41, 5.74) is 17.4. The van der Waals surface area contributed by atoms with Gasteiger partial charge in [-0.15, -0.1) is 0 Å². The Morgan fingerprint density at radius 2 is 1.35 bits per heavy atom. The minimum absolute atomic E-state index is 0.0513. The minimum Gasteiger partial charge on any atom is -0.387 e. The highest BCUT2D eigenvalue weighted by Gasteiger charge is 2.35. The smallest absolute Gasteiger partial charge is 0.137 e. The largest absolute Gasteiger partial charge is 0.387 e. The number of aromatic nitrogens is 4. The van der Waals surface area contributed by atoms with Gasteiger partial charge in [0.25, 0.3) is 0 Å². The molecule has 2 aliphatic rings. The molecule has 0 spiro atoms. The SMILES string of the molecule is CC1(C)c2ccccc2-c2ccc(-c3cccc(-c4cc(-c5ccncc5)nc(-c5ccc(-n6c7c(c8ccccc86)CNC=C7)nc5)c4)c3)cc21. The molecule has 0 saturated carbocycles. The molecule has 0 fully saturated rings. The van der Waals surface area contributed by atoms with Gasteiger partial charge in [0.2, 0.25) is 0 Å². The summed E-state index contributed by atoms with van der Waals surface area (Å²) in [6.45, 7) is 5.47. The van der Waals surface area contributed by atoms with Crippen LogP contribution in [0.25, 0.3) is 78.7 Å². The second-order valence-electron chi connectivity index (χ2n) is 14.2. The van der Waals surface area contributed by atoms with Crippen LogP contribution < -0.4 is 5.32 Å². The predicted octanol–water partition coefficient (Wildman–Crippen LogP) is 10.9.